The van der Waals surface area contributed by atoms with Gasteiger partial charge in [-0.3, -0.25) is 4.79 Å². The molecule has 3 heterocycles. The quantitative estimate of drug-likeness (QED) is 0.197. The molecule has 8 heteroatoms. The maximum Gasteiger partial charge on any atom is 0.305 e. The Hall–Kier alpha value is -3.78. The number of aromatic nitrogens is 4. The highest BCUT2D eigenvalue weighted by Gasteiger charge is 2.40. The Morgan fingerprint density at radius 1 is 0.917 bits per heavy atom. The molecule has 2 aromatic carbocycles. The first-order valence-corrected chi connectivity index (χ1v) is 15.1. The van der Waals surface area contributed by atoms with Crippen LogP contribution in [0.3, 0.4) is 0 Å². The Balaban J connectivity index is 1.62. The van der Waals surface area contributed by atoms with Crippen molar-refractivity contribution in [3.05, 3.63) is 93.8 Å². The molecule has 0 aliphatic carbocycles. The van der Waals surface area contributed by atoms with Crippen LogP contribution in [-0.2, 0) is 12.8 Å². The number of aromatic amines is 2. The molecule has 0 saturated heterocycles. The standard InChI is InChI=1S/C28H32N4O3Si/c1-28(2,3)36(4,5)35-26-25(15-19-17-30-23-13-9-7-11-21(19)23)32(34)27(33)24(31-26)14-18-16-29-22-12-8-6-10-20(18)22/h6-13,16-17,29-30,34H,14-15H2,1-5H3. The fourth-order valence-corrected chi connectivity index (χ4v) is 5.18. The van der Waals surface area contributed by atoms with Gasteiger partial charge in [-0.15, -0.1) is 4.73 Å². The zero-order valence-corrected chi connectivity index (χ0v) is 22.3. The van der Waals surface area contributed by atoms with E-state index in [1.165, 1.54) is 0 Å². The number of para-hydroxylation sites is 2. The molecule has 5 aromatic rings. The SMILES string of the molecule is CC(C)(C)[Si](C)(C)Oc1nc(Cc2c[nH]c3ccccc23)c(=O)n(O)c1Cc1c[nH]c2ccccc12. The van der Waals surface area contributed by atoms with E-state index in [4.69, 9.17) is 9.41 Å². The monoisotopic (exact) mass is 500 g/mol. The molecule has 0 saturated carbocycles. The Morgan fingerprint density at radius 2 is 1.44 bits per heavy atom. The van der Waals surface area contributed by atoms with Crippen LogP contribution in [0.5, 0.6) is 5.88 Å². The molecule has 0 radical (unpaired) electrons. The molecule has 186 valence electrons. The second-order valence-electron chi connectivity index (χ2n) is 10.9. The van der Waals surface area contributed by atoms with Crippen molar-refractivity contribution in [3.8, 4) is 5.88 Å². The van der Waals surface area contributed by atoms with Gasteiger partial charge in [0, 0.05) is 47.0 Å². The molecule has 0 aliphatic rings. The van der Waals surface area contributed by atoms with Crippen molar-refractivity contribution in [1.82, 2.24) is 19.7 Å². The van der Waals surface area contributed by atoms with Crippen LogP contribution in [0.4, 0.5) is 0 Å². The number of hydrogen-bond acceptors (Lipinski definition) is 4. The summed E-state index contributed by atoms with van der Waals surface area (Å²) in [5.74, 6) is 0.323. The number of benzene rings is 2. The third-order valence-corrected chi connectivity index (χ3v) is 11.7. The molecule has 7 nitrogen and oxygen atoms in total. The highest BCUT2D eigenvalue weighted by Crippen LogP contribution is 2.38. The largest absolute Gasteiger partial charge is 0.529 e. The summed E-state index contributed by atoms with van der Waals surface area (Å²) in [6.45, 7) is 10.7. The highest BCUT2D eigenvalue weighted by atomic mass is 28.4. The van der Waals surface area contributed by atoms with Crippen LogP contribution < -0.4 is 9.99 Å². The first kappa shape index (κ1) is 23.9. The minimum atomic E-state index is -2.32. The third kappa shape index (κ3) is 4.22. The van der Waals surface area contributed by atoms with E-state index in [-0.39, 0.29) is 17.2 Å². The number of nitrogens with one attached hydrogen (secondary N) is 2. The fourth-order valence-electron chi connectivity index (χ4n) is 4.23. The molecule has 0 fully saturated rings. The van der Waals surface area contributed by atoms with Gasteiger partial charge in [0.2, 0.25) is 5.88 Å². The number of rotatable bonds is 6. The predicted octanol–water partition coefficient (Wildman–Crippen LogP) is 6.01. The van der Waals surface area contributed by atoms with E-state index in [1.54, 1.807) is 0 Å². The zero-order valence-electron chi connectivity index (χ0n) is 21.3. The Labute approximate surface area is 210 Å². The highest BCUT2D eigenvalue weighted by molar-refractivity contribution is 6.74. The van der Waals surface area contributed by atoms with Gasteiger partial charge in [-0.2, -0.15) is 0 Å². The van der Waals surface area contributed by atoms with Gasteiger partial charge in [-0.05, 0) is 41.4 Å². The summed E-state index contributed by atoms with van der Waals surface area (Å²) in [4.78, 5) is 24.6. The molecule has 0 spiro atoms. The zero-order chi connectivity index (χ0) is 25.7. The summed E-state index contributed by atoms with van der Waals surface area (Å²) in [5.41, 5.74) is 3.96. The van der Waals surface area contributed by atoms with E-state index in [0.29, 0.717) is 18.0 Å². The van der Waals surface area contributed by atoms with Gasteiger partial charge in [0.05, 0.1) is 0 Å². The van der Waals surface area contributed by atoms with Gasteiger partial charge in [0.1, 0.15) is 11.4 Å². The van der Waals surface area contributed by atoms with Crippen LogP contribution in [0.1, 0.15) is 43.3 Å². The molecule has 0 unspecified atom stereocenters. The van der Waals surface area contributed by atoms with Gasteiger partial charge in [0.15, 0.2) is 0 Å². The van der Waals surface area contributed by atoms with E-state index in [1.807, 2.05) is 60.9 Å². The summed E-state index contributed by atoms with van der Waals surface area (Å²) >= 11 is 0. The lowest BCUT2D eigenvalue weighted by atomic mass is 10.1. The van der Waals surface area contributed by atoms with E-state index in [9.17, 15) is 10.0 Å². The Bertz CT molecular complexity index is 1620. The average molecular weight is 501 g/mol. The van der Waals surface area contributed by atoms with Crippen molar-refractivity contribution in [1.29, 1.82) is 0 Å². The molecule has 0 amide bonds. The van der Waals surface area contributed by atoms with Gasteiger partial charge < -0.3 is 19.6 Å². The van der Waals surface area contributed by atoms with Crippen LogP contribution in [0.15, 0.2) is 65.7 Å². The molecular weight excluding hydrogens is 468 g/mol. The molecule has 0 bridgehead atoms. The van der Waals surface area contributed by atoms with E-state index < -0.39 is 13.9 Å². The predicted molar refractivity (Wildman–Crippen MR) is 146 cm³/mol. The van der Waals surface area contributed by atoms with Crippen LogP contribution >= 0.6 is 0 Å². The normalized spacial score (nSPS) is 12.5. The lowest BCUT2D eigenvalue weighted by Gasteiger charge is -2.36. The van der Waals surface area contributed by atoms with Crippen molar-refractivity contribution in [3.63, 3.8) is 0 Å². The number of H-pyrrole nitrogens is 2. The van der Waals surface area contributed by atoms with Crippen LogP contribution in [0, 0.1) is 0 Å². The molecule has 5 rings (SSSR count). The average Bonchev–Trinajstić information content (AvgIpc) is 3.43. The second kappa shape index (κ2) is 8.71. The molecule has 0 atom stereocenters. The van der Waals surface area contributed by atoms with E-state index in [2.05, 4.69) is 43.8 Å². The van der Waals surface area contributed by atoms with Crippen molar-refractivity contribution in [2.75, 3.05) is 0 Å². The molecule has 36 heavy (non-hydrogen) atoms. The Morgan fingerprint density at radius 3 is 2.00 bits per heavy atom. The van der Waals surface area contributed by atoms with E-state index >= 15 is 0 Å². The minimum Gasteiger partial charge on any atom is -0.529 e. The molecular formula is C28H32N4O3Si. The summed E-state index contributed by atoms with van der Waals surface area (Å²) < 4.78 is 7.37. The molecule has 0 aliphatic heterocycles. The van der Waals surface area contributed by atoms with Crippen LogP contribution in [0.25, 0.3) is 21.8 Å². The molecule has 3 aromatic heterocycles. The van der Waals surface area contributed by atoms with Crippen molar-refractivity contribution >= 4 is 30.1 Å². The van der Waals surface area contributed by atoms with Crippen molar-refractivity contribution in [2.24, 2.45) is 0 Å². The van der Waals surface area contributed by atoms with Crippen LogP contribution in [-0.4, -0.2) is 33.2 Å². The summed E-state index contributed by atoms with van der Waals surface area (Å²) in [7, 11) is -2.32. The third-order valence-electron chi connectivity index (χ3n) is 7.40. The fraction of sp³-hybridized carbons (Fsp3) is 0.286. The Kier molecular flexibility index (Phi) is 5.79. The number of hydrogen-bond donors (Lipinski definition) is 3. The van der Waals surface area contributed by atoms with Crippen LogP contribution in [0.2, 0.25) is 18.1 Å². The lowest BCUT2D eigenvalue weighted by molar-refractivity contribution is 0.160. The second-order valence-corrected chi connectivity index (χ2v) is 15.6. The van der Waals surface area contributed by atoms with Gasteiger partial charge in [-0.25, -0.2) is 4.98 Å². The lowest BCUT2D eigenvalue weighted by Crippen LogP contribution is -2.45. The van der Waals surface area contributed by atoms with Gasteiger partial charge in [0.25, 0.3) is 8.32 Å². The first-order valence-electron chi connectivity index (χ1n) is 12.2. The van der Waals surface area contributed by atoms with Crippen molar-refractivity contribution in [2.45, 2.75) is 51.7 Å². The van der Waals surface area contributed by atoms with E-state index in [0.717, 1.165) is 37.7 Å². The topological polar surface area (TPSA) is 95.9 Å². The number of nitrogens with zero attached hydrogens (tertiary/aromatic N) is 2. The summed E-state index contributed by atoms with van der Waals surface area (Å²) in [5, 5.41) is 13.1. The minimum absolute atomic E-state index is 0.0832. The summed E-state index contributed by atoms with van der Waals surface area (Å²) in [6.07, 6.45) is 4.39. The first-order chi connectivity index (χ1) is 17.0. The smallest absolute Gasteiger partial charge is 0.305 e. The molecule has 3 N–H and O–H groups in total. The van der Waals surface area contributed by atoms with Gasteiger partial charge in [-0.1, -0.05) is 57.2 Å². The summed E-state index contributed by atoms with van der Waals surface area (Å²) in [6, 6.07) is 15.9. The maximum atomic E-state index is 13.3. The number of fused-ring (bicyclic) bond motifs is 2. The van der Waals surface area contributed by atoms with Gasteiger partial charge >= 0.3 is 5.56 Å². The maximum absolute atomic E-state index is 13.3. The van der Waals surface area contributed by atoms with Crippen molar-refractivity contribution < 1.29 is 9.63 Å².